The number of fused-ring (bicyclic) bond motifs is 9. The number of aryl methyl sites for hydroxylation is 2. The smallest absolute Gasteiger partial charge is 0.333 e. The van der Waals surface area contributed by atoms with Gasteiger partial charge >= 0.3 is 6.85 Å². The van der Waals surface area contributed by atoms with Gasteiger partial charge in [0.05, 0.1) is 4.83 Å². The van der Waals surface area contributed by atoms with Crippen LogP contribution in [0.2, 0.25) is 0 Å². The molecule has 0 saturated carbocycles. The van der Waals surface area contributed by atoms with Crippen LogP contribution in [0.1, 0.15) is 50.7 Å². The molecule has 10 aromatic rings. The fourth-order valence-corrected chi connectivity index (χ4v) is 11.8. The maximum Gasteiger partial charge on any atom is 0.333 e. The molecule has 0 saturated heterocycles. The third kappa shape index (κ3) is 6.16. The summed E-state index contributed by atoms with van der Waals surface area (Å²) in [5.74, 6) is 0. The minimum absolute atomic E-state index is 0.0315. The average molecular weight is 830 g/mol. The molecular formula is C58H48BN3S. The maximum absolute atomic E-state index is 2.71. The molecule has 12 rings (SSSR count). The van der Waals surface area contributed by atoms with E-state index in [1.54, 1.807) is 0 Å². The second-order valence-electron chi connectivity index (χ2n) is 17.4. The molecule has 2 aliphatic rings. The van der Waals surface area contributed by atoms with Crippen molar-refractivity contribution < 1.29 is 0 Å². The minimum Gasteiger partial charge on any atom is -0.367 e. The summed E-state index contributed by atoms with van der Waals surface area (Å²) in [6.45, 7) is 4.51. The second kappa shape index (κ2) is 15.5. The molecule has 0 radical (unpaired) electrons. The molecule has 0 unspecified atom stereocenters. The fraction of sp³-hybridized carbons (Fsp3) is 0.138. The largest absolute Gasteiger partial charge is 0.367 e. The normalized spacial score (nSPS) is 12.6. The zero-order valence-corrected chi connectivity index (χ0v) is 36.7. The van der Waals surface area contributed by atoms with E-state index in [2.05, 4.69) is 210 Å². The highest BCUT2D eigenvalue weighted by molar-refractivity contribution is 7.26. The molecular weight excluding hydrogens is 782 g/mol. The summed E-state index contributed by atoms with van der Waals surface area (Å²) in [5, 5.41) is 4.03. The van der Waals surface area contributed by atoms with Gasteiger partial charge in [-0.3, -0.25) is 0 Å². The van der Waals surface area contributed by atoms with Gasteiger partial charge in [0.15, 0.2) is 0 Å². The molecule has 3 nitrogen and oxygen atoms in total. The molecule has 0 N–H and O–H groups in total. The van der Waals surface area contributed by atoms with Crippen LogP contribution in [0, 0.1) is 0 Å². The van der Waals surface area contributed by atoms with Crippen LogP contribution in [0.15, 0.2) is 182 Å². The van der Waals surface area contributed by atoms with Gasteiger partial charge in [-0.25, -0.2) is 0 Å². The average Bonchev–Trinajstić information content (AvgIpc) is 3.88. The number of thiophene rings is 1. The summed E-state index contributed by atoms with van der Waals surface area (Å²) < 4.78 is 4.04. The number of unbranched alkanes of at least 4 members (excludes halogenated alkanes) is 2. The lowest BCUT2D eigenvalue weighted by atomic mass is 9.45. The Bertz CT molecular complexity index is 3260. The van der Waals surface area contributed by atoms with Gasteiger partial charge in [0.1, 0.15) is 0 Å². The quantitative estimate of drug-likeness (QED) is 0.120. The molecule has 63 heavy (non-hydrogen) atoms. The van der Waals surface area contributed by atoms with Crippen LogP contribution in [-0.4, -0.2) is 11.3 Å². The van der Waals surface area contributed by atoms with Gasteiger partial charge in [-0.2, -0.15) is 0 Å². The van der Waals surface area contributed by atoms with Gasteiger partial charge < -0.3 is 14.3 Å². The first-order chi connectivity index (χ1) is 31.2. The van der Waals surface area contributed by atoms with E-state index >= 15 is 0 Å². The molecule has 0 amide bonds. The van der Waals surface area contributed by atoms with Gasteiger partial charge in [-0.05, 0) is 131 Å². The Kier molecular flexibility index (Phi) is 9.34. The molecule has 0 bridgehead atoms. The van der Waals surface area contributed by atoms with E-state index in [4.69, 9.17) is 0 Å². The van der Waals surface area contributed by atoms with E-state index in [9.17, 15) is 0 Å². The molecule has 8 aromatic carbocycles. The van der Waals surface area contributed by atoms with E-state index in [0.717, 1.165) is 24.2 Å². The Morgan fingerprint density at radius 1 is 0.524 bits per heavy atom. The van der Waals surface area contributed by atoms with Gasteiger partial charge in [0.25, 0.3) is 0 Å². The summed E-state index contributed by atoms with van der Waals surface area (Å²) in [5.41, 5.74) is 18.9. The van der Waals surface area contributed by atoms with Gasteiger partial charge in [0.2, 0.25) is 0 Å². The zero-order valence-electron chi connectivity index (χ0n) is 35.9. The fourth-order valence-electron chi connectivity index (χ4n) is 10.5. The van der Waals surface area contributed by atoms with Crippen LogP contribution in [0.25, 0.3) is 53.5 Å². The topological polar surface area (TPSA) is 11.4 Å². The van der Waals surface area contributed by atoms with Crippen LogP contribution >= 0.6 is 11.3 Å². The lowest BCUT2D eigenvalue weighted by Gasteiger charge is -2.41. The predicted molar refractivity (Wildman–Crippen MR) is 273 cm³/mol. The van der Waals surface area contributed by atoms with Crippen LogP contribution in [0.3, 0.4) is 0 Å². The summed E-state index contributed by atoms with van der Waals surface area (Å²) in [4.78, 5) is 6.35. The SMILES string of the molecule is CCCCc1ccc(N(c2ccc(CCCC)cc2)c2ccc3c(c2)N(c2ccccc2)c2cc(-c4ccccc4)cc4c2B3n2c3sc5ccccc5c3c3cccc-4c32)cc1. The predicted octanol–water partition coefficient (Wildman–Crippen LogP) is 15.2. The molecule has 5 heteroatoms. The first kappa shape index (κ1) is 37.9. The summed E-state index contributed by atoms with van der Waals surface area (Å²) >= 11 is 1.93. The second-order valence-corrected chi connectivity index (χ2v) is 18.4. The number of nitrogens with zero attached hydrogens (tertiary/aromatic N) is 3. The van der Waals surface area contributed by atoms with E-state index in [-0.39, 0.29) is 6.85 Å². The van der Waals surface area contributed by atoms with Crippen molar-refractivity contribution in [1.29, 1.82) is 0 Å². The number of para-hydroxylation sites is 2. The molecule has 304 valence electrons. The Labute approximate surface area is 374 Å². The molecule has 0 spiro atoms. The van der Waals surface area contributed by atoms with Crippen LogP contribution in [0.5, 0.6) is 0 Å². The highest BCUT2D eigenvalue weighted by Gasteiger charge is 2.43. The highest BCUT2D eigenvalue weighted by Crippen LogP contribution is 2.50. The lowest BCUT2D eigenvalue weighted by Crippen LogP contribution is -2.56. The standard InChI is InChI=1S/C58H48BN3S/c1-3-5-16-39-26-30-44(31-27-39)60(45-32-28-40(29-33-45)17-6-4-2)46-34-35-51-52(38-46)61(43-20-11-8-12-21-43)53-37-42(41-18-9-7-10-19-41)36-50-47-23-15-24-49-55-48-22-13-14-25-54(48)63-58(55)62(57(47)49)59(51)56(50)53/h7-15,18-38H,3-6,16-17H2,1-2H3. The Balaban J connectivity index is 1.14. The number of benzene rings is 8. The van der Waals surface area contributed by atoms with Crippen molar-refractivity contribution in [1.82, 2.24) is 4.48 Å². The highest BCUT2D eigenvalue weighted by atomic mass is 32.1. The first-order valence-electron chi connectivity index (χ1n) is 22.8. The zero-order chi connectivity index (χ0) is 42.0. The Morgan fingerprint density at radius 2 is 1.16 bits per heavy atom. The first-order valence-corrected chi connectivity index (χ1v) is 23.6. The summed E-state index contributed by atoms with van der Waals surface area (Å²) in [7, 11) is 0. The van der Waals surface area contributed by atoms with Gasteiger partial charge in [-0.1, -0.05) is 142 Å². The van der Waals surface area contributed by atoms with E-state index in [1.165, 1.54) is 124 Å². The molecule has 0 atom stereocenters. The van der Waals surface area contributed by atoms with Crippen molar-refractivity contribution in [2.24, 2.45) is 0 Å². The van der Waals surface area contributed by atoms with Crippen molar-refractivity contribution in [2.45, 2.75) is 52.4 Å². The third-order valence-corrected chi connectivity index (χ3v) is 14.7. The van der Waals surface area contributed by atoms with Gasteiger partial charge in [0, 0.05) is 66.1 Å². The van der Waals surface area contributed by atoms with Crippen molar-refractivity contribution in [2.75, 3.05) is 9.80 Å². The third-order valence-electron chi connectivity index (χ3n) is 13.5. The van der Waals surface area contributed by atoms with Crippen LogP contribution < -0.4 is 20.7 Å². The van der Waals surface area contributed by atoms with E-state index < -0.39 is 0 Å². The van der Waals surface area contributed by atoms with Crippen molar-refractivity contribution in [3.63, 3.8) is 0 Å². The molecule has 0 fully saturated rings. The van der Waals surface area contributed by atoms with Crippen LogP contribution in [0.4, 0.5) is 34.1 Å². The summed E-state index contributed by atoms with van der Waals surface area (Å²) in [6, 6.07) is 68.8. The minimum atomic E-state index is -0.0315. The van der Waals surface area contributed by atoms with Gasteiger partial charge in [-0.15, -0.1) is 11.3 Å². The van der Waals surface area contributed by atoms with E-state index in [0.29, 0.717) is 0 Å². The number of rotatable bonds is 11. The number of hydrogen-bond acceptors (Lipinski definition) is 3. The lowest BCUT2D eigenvalue weighted by molar-refractivity contribution is 0.795. The molecule has 2 aliphatic heterocycles. The molecule has 4 heterocycles. The number of hydrogen-bond donors (Lipinski definition) is 0. The van der Waals surface area contributed by atoms with Crippen molar-refractivity contribution >= 4 is 94.4 Å². The number of anilines is 6. The molecule has 0 aliphatic carbocycles. The monoisotopic (exact) mass is 829 g/mol. The maximum atomic E-state index is 2.71. The van der Waals surface area contributed by atoms with E-state index in [1.807, 2.05) is 11.3 Å². The number of aromatic nitrogens is 1. The van der Waals surface area contributed by atoms with Crippen LogP contribution in [-0.2, 0) is 12.8 Å². The Morgan fingerprint density at radius 3 is 1.86 bits per heavy atom. The summed E-state index contributed by atoms with van der Waals surface area (Å²) in [6.07, 6.45) is 6.99. The van der Waals surface area contributed by atoms with Crippen molar-refractivity contribution in [3.05, 3.63) is 193 Å². The Hall–Kier alpha value is -6.82. The molecule has 2 aromatic heterocycles. The van der Waals surface area contributed by atoms with Crippen molar-refractivity contribution in [3.8, 4) is 22.3 Å².